The first-order valence-corrected chi connectivity index (χ1v) is 14.5. The summed E-state index contributed by atoms with van der Waals surface area (Å²) in [7, 11) is 0. The molecule has 6 heterocycles. The largest absolute Gasteiger partial charge is 0.307 e. The lowest BCUT2D eigenvalue weighted by atomic mass is 10.1. The van der Waals surface area contributed by atoms with E-state index in [1.807, 2.05) is 67.5 Å². The number of nitrogens with zero attached hydrogens (tertiary/aromatic N) is 6. The highest BCUT2D eigenvalue weighted by molar-refractivity contribution is 6.21. The van der Waals surface area contributed by atoms with Crippen LogP contribution in [-0.2, 0) is 0 Å². The van der Waals surface area contributed by atoms with Crippen molar-refractivity contribution >= 4 is 43.9 Å². The second kappa shape index (κ2) is 9.71. The van der Waals surface area contributed by atoms with Crippen LogP contribution in [0, 0.1) is 0 Å². The Balaban J connectivity index is 1.35. The fraction of sp³-hybridized carbons (Fsp3) is 0. The first-order chi connectivity index (χ1) is 21.8. The average molecular weight is 565 g/mol. The van der Waals surface area contributed by atoms with E-state index in [2.05, 4.69) is 98.0 Å². The van der Waals surface area contributed by atoms with E-state index in [-0.39, 0.29) is 0 Å². The summed E-state index contributed by atoms with van der Waals surface area (Å²) < 4.78 is 4.68. The average Bonchev–Trinajstić information content (AvgIpc) is 3.62. The van der Waals surface area contributed by atoms with E-state index in [1.165, 1.54) is 0 Å². The minimum Gasteiger partial charge on any atom is -0.307 e. The predicted octanol–water partition coefficient (Wildman–Crippen LogP) is 8.79. The zero-order valence-electron chi connectivity index (χ0n) is 23.5. The lowest BCUT2D eigenvalue weighted by Crippen LogP contribution is -1.99. The molecule has 3 aromatic carbocycles. The number of pyridine rings is 4. The SMILES string of the molecule is c1ccc2c(c1)c1cnc3c4ncccc4n(-c4ccc(-c5ccncc5)cc4)c3c1n2-c1ccc(-c2ccncc2)cc1. The predicted molar refractivity (Wildman–Crippen MR) is 177 cm³/mol. The Morgan fingerprint density at radius 2 is 0.932 bits per heavy atom. The van der Waals surface area contributed by atoms with E-state index >= 15 is 0 Å². The number of fused-ring (bicyclic) bond motifs is 7. The Hall–Kier alpha value is -6.14. The van der Waals surface area contributed by atoms with Gasteiger partial charge in [0.1, 0.15) is 11.0 Å². The van der Waals surface area contributed by atoms with Crippen LogP contribution < -0.4 is 0 Å². The number of aromatic nitrogens is 6. The molecule has 0 fully saturated rings. The van der Waals surface area contributed by atoms with Gasteiger partial charge in [-0.2, -0.15) is 0 Å². The summed E-state index contributed by atoms with van der Waals surface area (Å²) in [6, 6.07) is 38.3. The van der Waals surface area contributed by atoms with Crippen LogP contribution in [0.1, 0.15) is 0 Å². The van der Waals surface area contributed by atoms with Crippen molar-refractivity contribution in [3.05, 3.63) is 146 Å². The van der Waals surface area contributed by atoms with E-state index < -0.39 is 0 Å². The molecule has 0 saturated carbocycles. The molecule has 0 bridgehead atoms. The Kier molecular flexibility index (Phi) is 5.40. The van der Waals surface area contributed by atoms with Crippen LogP contribution in [0.2, 0.25) is 0 Å². The number of rotatable bonds is 4. The van der Waals surface area contributed by atoms with Crippen LogP contribution in [0.5, 0.6) is 0 Å². The van der Waals surface area contributed by atoms with E-state index in [4.69, 9.17) is 9.97 Å². The molecular weight excluding hydrogens is 540 g/mol. The summed E-state index contributed by atoms with van der Waals surface area (Å²) in [6.07, 6.45) is 11.2. The van der Waals surface area contributed by atoms with Gasteiger partial charge in [-0.15, -0.1) is 0 Å². The smallest absolute Gasteiger partial charge is 0.117 e. The van der Waals surface area contributed by atoms with Crippen molar-refractivity contribution < 1.29 is 0 Å². The van der Waals surface area contributed by atoms with Crippen molar-refractivity contribution in [1.29, 1.82) is 0 Å². The van der Waals surface area contributed by atoms with Crippen LogP contribution in [0.25, 0.3) is 77.5 Å². The topological polar surface area (TPSA) is 61.4 Å². The normalized spacial score (nSPS) is 11.6. The summed E-state index contributed by atoms with van der Waals surface area (Å²) in [6.45, 7) is 0. The number of para-hydroxylation sites is 1. The Morgan fingerprint density at radius 1 is 0.386 bits per heavy atom. The third kappa shape index (κ3) is 3.68. The summed E-state index contributed by atoms with van der Waals surface area (Å²) in [5.74, 6) is 0. The van der Waals surface area contributed by atoms with Crippen LogP contribution in [0.3, 0.4) is 0 Å². The maximum Gasteiger partial charge on any atom is 0.117 e. The summed E-state index contributed by atoms with van der Waals surface area (Å²) >= 11 is 0. The lowest BCUT2D eigenvalue weighted by Gasteiger charge is -2.13. The van der Waals surface area contributed by atoms with E-state index in [0.29, 0.717) is 0 Å². The lowest BCUT2D eigenvalue weighted by molar-refractivity contribution is 1.14. The second-order valence-electron chi connectivity index (χ2n) is 10.8. The second-order valence-corrected chi connectivity index (χ2v) is 10.8. The van der Waals surface area contributed by atoms with E-state index in [1.54, 1.807) is 0 Å². The third-order valence-electron chi connectivity index (χ3n) is 8.44. The Labute approximate surface area is 252 Å². The van der Waals surface area contributed by atoms with Crippen LogP contribution in [-0.4, -0.2) is 29.1 Å². The monoisotopic (exact) mass is 564 g/mol. The molecular formula is C38H24N6. The molecule has 0 amide bonds. The maximum absolute atomic E-state index is 5.05. The van der Waals surface area contributed by atoms with Crippen LogP contribution in [0.4, 0.5) is 0 Å². The molecule has 0 radical (unpaired) electrons. The van der Waals surface area contributed by atoms with Crippen molar-refractivity contribution in [1.82, 2.24) is 29.1 Å². The van der Waals surface area contributed by atoms with Gasteiger partial charge in [0.15, 0.2) is 0 Å². The van der Waals surface area contributed by atoms with E-state index in [9.17, 15) is 0 Å². The zero-order valence-corrected chi connectivity index (χ0v) is 23.5. The molecule has 44 heavy (non-hydrogen) atoms. The highest BCUT2D eigenvalue weighted by Crippen LogP contribution is 2.40. The van der Waals surface area contributed by atoms with Crippen molar-refractivity contribution in [3.8, 4) is 33.6 Å². The number of hydrogen-bond donors (Lipinski definition) is 0. The van der Waals surface area contributed by atoms with Gasteiger partial charge < -0.3 is 9.13 Å². The van der Waals surface area contributed by atoms with Gasteiger partial charge in [0.25, 0.3) is 0 Å². The molecule has 0 aliphatic rings. The van der Waals surface area contributed by atoms with Crippen molar-refractivity contribution in [3.63, 3.8) is 0 Å². The molecule has 9 aromatic rings. The van der Waals surface area contributed by atoms with Gasteiger partial charge in [0.2, 0.25) is 0 Å². The molecule has 0 aliphatic carbocycles. The molecule has 206 valence electrons. The van der Waals surface area contributed by atoms with Gasteiger partial charge in [0, 0.05) is 59.3 Å². The van der Waals surface area contributed by atoms with Gasteiger partial charge in [0.05, 0.1) is 22.1 Å². The number of hydrogen-bond acceptors (Lipinski definition) is 4. The molecule has 0 aliphatic heterocycles. The Morgan fingerprint density at radius 3 is 1.57 bits per heavy atom. The molecule has 6 aromatic heterocycles. The van der Waals surface area contributed by atoms with Crippen molar-refractivity contribution in [2.75, 3.05) is 0 Å². The molecule has 0 spiro atoms. The van der Waals surface area contributed by atoms with E-state index in [0.717, 1.165) is 77.5 Å². The minimum absolute atomic E-state index is 0.878. The molecule has 6 nitrogen and oxygen atoms in total. The summed E-state index contributed by atoms with van der Waals surface area (Å²) in [4.78, 5) is 18.2. The van der Waals surface area contributed by atoms with Crippen LogP contribution in [0.15, 0.2) is 146 Å². The van der Waals surface area contributed by atoms with Gasteiger partial charge >= 0.3 is 0 Å². The molecule has 0 atom stereocenters. The fourth-order valence-corrected chi connectivity index (χ4v) is 6.43. The minimum atomic E-state index is 0.878. The molecule has 0 saturated heterocycles. The highest BCUT2D eigenvalue weighted by Gasteiger charge is 2.22. The first kappa shape index (κ1) is 24.5. The van der Waals surface area contributed by atoms with Gasteiger partial charge in [-0.1, -0.05) is 42.5 Å². The molecule has 0 unspecified atom stereocenters. The third-order valence-corrected chi connectivity index (χ3v) is 8.44. The van der Waals surface area contributed by atoms with Crippen molar-refractivity contribution in [2.24, 2.45) is 0 Å². The number of benzene rings is 3. The van der Waals surface area contributed by atoms with Gasteiger partial charge in [-0.3, -0.25) is 19.9 Å². The first-order valence-electron chi connectivity index (χ1n) is 14.5. The van der Waals surface area contributed by atoms with Crippen LogP contribution >= 0.6 is 0 Å². The fourth-order valence-electron chi connectivity index (χ4n) is 6.43. The molecule has 9 rings (SSSR count). The zero-order chi connectivity index (χ0) is 29.0. The quantitative estimate of drug-likeness (QED) is 0.214. The Bertz CT molecular complexity index is 2280. The maximum atomic E-state index is 5.05. The van der Waals surface area contributed by atoms with Crippen molar-refractivity contribution in [2.45, 2.75) is 0 Å². The standard InChI is InChI=1S/C38H24N6/c1-2-5-33-31(4-1)32-24-42-36-35-34(6-3-19-41-35)44(30-13-9-26(10-14-30)28-17-22-40-23-18-28)38(36)37(32)43(33)29-11-7-25(8-12-29)27-15-20-39-21-16-27/h1-24H. The molecule has 6 heteroatoms. The summed E-state index contributed by atoms with van der Waals surface area (Å²) in [5, 5.41) is 2.26. The summed E-state index contributed by atoms with van der Waals surface area (Å²) in [5.41, 5.74) is 12.7. The molecule has 0 N–H and O–H groups in total. The van der Waals surface area contributed by atoms with Gasteiger partial charge in [-0.25, -0.2) is 0 Å². The highest BCUT2D eigenvalue weighted by atomic mass is 15.1. The van der Waals surface area contributed by atoms with Gasteiger partial charge in [-0.05, 0) is 89.0 Å².